The quantitative estimate of drug-likeness (QED) is 0.149. The van der Waals surface area contributed by atoms with Crippen molar-refractivity contribution >= 4 is 43.1 Å². The molecule has 0 saturated carbocycles. The summed E-state index contributed by atoms with van der Waals surface area (Å²) in [4.78, 5) is 8.33. The molecule has 0 amide bonds. The molecule has 170 valence electrons. The van der Waals surface area contributed by atoms with Gasteiger partial charge in [0.1, 0.15) is 5.75 Å². The van der Waals surface area contributed by atoms with Crippen LogP contribution in [0.4, 0.5) is 22.0 Å². The van der Waals surface area contributed by atoms with E-state index in [1.165, 1.54) is 17.4 Å². The van der Waals surface area contributed by atoms with Gasteiger partial charge in [-0.2, -0.15) is 8.78 Å². The topological polar surface area (TPSA) is 35.0 Å². The lowest BCUT2D eigenvalue weighted by molar-refractivity contribution is -0.185. The lowest BCUT2D eigenvalue weighted by Gasteiger charge is -2.15. The molecule has 2 heterocycles. The number of aromatic nitrogens is 2. The van der Waals surface area contributed by atoms with Crippen LogP contribution in [0.25, 0.3) is 20.4 Å². The number of hydrogen-bond acceptors (Lipinski definition) is 5. The summed E-state index contributed by atoms with van der Waals surface area (Å²) in [5.41, 5.74) is 2.83. The van der Waals surface area contributed by atoms with Gasteiger partial charge in [-0.25, -0.2) is 23.1 Å². The van der Waals surface area contributed by atoms with Gasteiger partial charge >= 0.3 is 6.11 Å². The van der Waals surface area contributed by atoms with Crippen molar-refractivity contribution in [1.29, 1.82) is 0 Å². The molecule has 2 aromatic heterocycles. The molecular weight excluding hydrogens is 491 g/mol. The van der Waals surface area contributed by atoms with Crippen LogP contribution in [0.3, 0.4) is 0 Å². The van der Waals surface area contributed by atoms with Crippen LogP contribution in [0.1, 0.15) is 21.1 Å². The lowest BCUT2D eigenvalue weighted by Crippen LogP contribution is -2.21. The number of rotatable bonds is 3. The first-order chi connectivity index (χ1) is 16.2. The number of ether oxygens (including phenoxy) is 1. The summed E-state index contributed by atoms with van der Waals surface area (Å²) < 4.78 is 74.8. The molecule has 0 fully saturated rings. The van der Waals surface area contributed by atoms with Gasteiger partial charge in [0.25, 0.3) is 0 Å². The van der Waals surface area contributed by atoms with Crippen LogP contribution < -0.4 is 4.74 Å². The smallest absolute Gasteiger partial charge is 0.427 e. The minimum atomic E-state index is -3.99. The molecule has 34 heavy (non-hydrogen) atoms. The van der Waals surface area contributed by atoms with Gasteiger partial charge in [0, 0.05) is 17.7 Å². The Morgan fingerprint density at radius 1 is 0.824 bits per heavy atom. The summed E-state index contributed by atoms with van der Waals surface area (Å²) in [6.45, 7) is 1.99. The van der Waals surface area contributed by atoms with E-state index in [-0.39, 0.29) is 5.52 Å². The van der Waals surface area contributed by atoms with Crippen molar-refractivity contribution in [1.82, 2.24) is 9.97 Å². The number of benzene rings is 3. The molecule has 0 aliphatic heterocycles. The average Bonchev–Trinajstić information content (AvgIpc) is 3.39. The first-order valence-corrected chi connectivity index (χ1v) is 11.3. The summed E-state index contributed by atoms with van der Waals surface area (Å²) in [7, 11) is 0. The average molecular weight is 502 g/mol. The largest absolute Gasteiger partial charge is 0.454 e. The molecule has 3 nitrogen and oxygen atoms in total. The summed E-state index contributed by atoms with van der Waals surface area (Å²) in [6, 6.07) is 11.4. The molecule has 0 unspecified atom stereocenters. The number of halogens is 5. The Labute approximate surface area is 197 Å². The molecule has 0 spiro atoms. The van der Waals surface area contributed by atoms with Crippen molar-refractivity contribution in [3.8, 4) is 17.6 Å². The summed E-state index contributed by atoms with van der Waals surface area (Å²) in [5, 5.41) is -0.0938. The van der Waals surface area contributed by atoms with Crippen molar-refractivity contribution in [2.75, 3.05) is 0 Å². The van der Waals surface area contributed by atoms with Gasteiger partial charge < -0.3 is 4.74 Å². The maximum atomic E-state index is 14.6. The Balaban J connectivity index is 1.41. The Morgan fingerprint density at radius 3 is 2.26 bits per heavy atom. The van der Waals surface area contributed by atoms with Crippen LogP contribution in [0, 0.1) is 36.2 Å². The van der Waals surface area contributed by atoms with Gasteiger partial charge in [0.2, 0.25) is 5.01 Å². The molecule has 0 radical (unpaired) electrons. The fourth-order valence-electron chi connectivity index (χ4n) is 3.12. The van der Waals surface area contributed by atoms with E-state index in [1.54, 1.807) is 12.1 Å². The molecule has 0 aliphatic carbocycles. The van der Waals surface area contributed by atoms with Crippen LogP contribution >= 0.6 is 22.7 Å². The highest BCUT2D eigenvalue weighted by Gasteiger charge is 2.39. The fourth-order valence-corrected chi connectivity index (χ4v) is 4.96. The van der Waals surface area contributed by atoms with Crippen LogP contribution in [0.15, 0.2) is 48.5 Å². The monoisotopic (exact) mass is 502 g/mol. The van der Waals surface area contributed by atoms with Crippen molar-refractivity contribution in [2.24, 2.45) is 0 Å². The van der Waals surface area contributed by atoms with E-state index in [1.807, 2.05) is 25.1 Å². The molecule has 0 N–H and O–H groups in total. The Kier molecular flexibility index (Phi) is 5.46. The third-order valence-electron chi connectivity index (χ3n) is 4.70. The molecule has 0 aliphatic rings. The second-order valence-electron chi connectivity index (χ2n) is 7.26. The summed E-state index contributed by atoms with van der Waals surface area (Å²) in [5.74, 6) is 0.0494. The summed E-state index contributed by atoms with van der Waals surface area (Å²) in [6.07, 6.45) is -3.99. The predicted octanol–water partition coefficient (Wildman–Crippen LogP) is 7.16. The molecule has 0 bridgehead atoms. The molecule has 10 heteroatoms. The highest BCUT2D eigenvalue weighted by Crippen LogP contribution is 2.37. The zero-order valence-electron chi connectivity index (χ0n) is 17.1. The summed E-state index contributed by atoms with van der Waals surface area (Å²) >= 11 is 2.11. The van der Waals surface area contributed by atoms with Crippen molar-refractivity contribution in [3.63, 3.8) is 0 Å². The first-order valence-electron chi connectivity index (χ1n) is 9.69. The predicted molar refractivity (Wildman–Crippen MR) is 121 cm³/mol. The zero-order valence-corrected chi connectivity index (χ0v) is 18.8. The van der Waals surface area contributed by atoms with Gasteiger partial charge in [-0.1, -0.05) is 12.0 Å². The van der Waals surface area contributed by atoms with Crippen molar-refractivity contribution < 1.29 is 26.7 Å². The second-order valence-corrected chi connectivity index (χ2v) is 9.32. The normalized spacial score (nSPS) is 11.6. The number of fused-ring (bicyclic) bond motifs is 2. The van der Waals surface area contributed by atoms with E-state index in [9.17, 15) is 22.0 Å². The molecule has 0 atom stereocenters. The SMILES string of the molecule is Cc1ccc2nc(C#Cc3ccc4nc(C(F)(F)Oc5cc(F)c(F)c(F)c5)sc4c3)sc2c1. The van der Waals surface area contributed by atoms with Gasteiger partial charge in [0.05, 0.1) is 20.4 Å². The maximum Gasteiger partial charge on any atom is 0.454 e. The molecular formula is C24H11F5N2OS2. The lowest BCUT2D eigenvalue weighted by atomic mass is 10.2. The standard InChI is InChI=1S/C24H11F5N2OS2/c1-12-2-5-17-19(8-12)33-21(30-17)7-4-13-3-6-18-20(9-13)34-23(31-18)24(28,29)32-14-10-15(25)22(27)16(26)11-14/h2-3,5-6,8-11H,1H3. The number of alkyl halides is 2. The van der Waals surface area contributed by atoms with E-state index in [4.69, 9.17) is 0 Å². The number of hydrogen-bond donors (Lipinski definition) is 0. The second kappa shape index (κ2) is 8.34. The van der Waals surface area contributed by atoms with Gasteiger partial charge in [0.15, 0.2) is 22.5 Å². The Morgan fingerprint density at radius 2 is 1.50 bits per heavy atom. The van der Waals surface area contributed by atoms with Gasteiger partial charge in [-0.05, 0) is 48.7 Å². The van der Waals surface area contributed by atoms with E-state index in [2.05, 4.69) is 26.5 Å². The van der Waals surface area contributed by atoms with Gasteiger partial charge in [-0.15, -0.1) is 22.7 Å². The highest BCUT2D eigenvalue weighted by molar-refractivity contribution is 7.19. The fraction of sp³-hybridized carbons (Fsp3) is 0.0833. The van der Waals surface area contributed by atoms with Gasteiger partial charge in [-0.3, -0.25) is 0 Å². The minimum absolute atomic E-state index is 0.278. The van der Waals surface area contributed by atoms with Crippen molar-refractivity contribution in [2.45, 2.75) is 13.0 Å². The molecule has 5 aromatic rings. The number of aryl methyl sites for hydroxylation is 1. The third kappa shape index (κ3) is 4.32. The molecule has 5 rings (SSSR count). The van der Waals surface area contributed by atoms with E-state index in [0.717, 1.165) is 15.8 Å². The minimum Gasteiger partial charge on any atom is -0.427 e. The number of nitrogens with zero attached hydrogens (tertiary/aromatic N) is 2. The van der Waals surface area contributed by atoms with Crippen LogP contribution in [0.2, 0.25) is 0 Å². The number of thiazole rings is 2. The van der Waals surface area contributed by atoms with E-state index in [0.29, 0.717) is 38.7 Å². The third-order valence-corrected chi connectivity index (χ3v) is 6.70. The van der Waals surface area contributed by atoms with E-state index >= 15 is 0 Å². The Bertz CT molecular complexity index is 1610. The Hall–Kier alpha value is -3.55. The van der Waals surface area contributed by atoms with Crippen LogP contribution in [-0.2, 0) is 6.11 Å². The maximum absolute atomic E-state index is 14.6. The highest BCUT2D eigenvalue weighted by atomic mass is 32.1. The van der Waals surface area contributed by atoms with Crippen molar-refractivity contribution in [3.05, 3.63) is 87.1 Å². The van der Waals surface area contributed by atoms with Crippen LogP contribution in [0.5, 0.6) is 5.75 Å². The molecule has 0 saturated heterocycles. The zero-order chi connectivity index (χ0) is 24.0. The first kappa shape index (κ1) is 22.3. The van der Waals surface area contributed by atoms with E-state index < -0.39 is 34.3 Å². The van der Waals surface area contributed by atoms with Crippen LogP contribution in [-0.4, -0.2) is 9.97 Å². The molecule has 3 aromatic carbocycles.